The molecule has 2 rings (SSSR count). The van der Waals surface area contributed by atoms with Crippen LogP contribution in [-0.4, -0.2) is 29.0 Å². The molecule has 1 aromatic carbocycles. The van der Waals surface area contributed by atoms with Gasteiger partial charge in [0.1, 0.15) is 0 Å². The molecule has 6 heteroatoms. The molecule has 4 nitrogen and oxygen atoms in total. The van der Waals surface area contributed by atoms with Crippen molar-refractivity contribution in [2.75, 3.05) is 13.1 Å². The fraction of sp³-hybridized carbons (Fsp3) is 0.364. The molecular weight excluding hydrogens is 261 g/mol. The molecule has 0 saturated carbocycles. The van der Waals surface area contributed by atoms with Crippen LogP contribution in [0.15, 0.2) is 18.2 Å². The van der Waals surface area contributed by atoms with Crippen LogP contribution < -0.4 is 5.84 Å². The molecule has 1 saturated heterocycles. The van der Waals surface area contributed by atoms with Crippen molar-refractivity contribution in [2.24, 2.45) is 5.84 Å². The van der Waals surface area contributed by atoms with Crippen molar-refractivity contribution in [2.45, 2.75) is 13.0 Å². The summed E-state index contributed by atoms with van der Waals surface area (Å²) < 4.78 is 0. The first-order valence-corrected chi connectivity index (χ1v) is 6.08. The van der Waals surface area contributed by atoms with Crippen molar-refractivity contribution in [1.82, 2.24) is 9.91 Å². The van der Waals surface area contributed by atoms with Gasteiger partial charge in [0.2, 0.25) is 0 Å². The molecule has 1 heterocycles. The van der Waals surface area contributed by atoms with Gasteiger partial charge >= 0.3 is 6.03 Å². The summed E-state index contributed by atoms with van der Waals surface area (Å²) in [6.45, 7) is 1.83. The molecule has 0 spiro atoms. The van der Waals surface area contributed by atoms with Crippen LogP contribution >= 0.6 is 23.2 Å². The molecule has 92 valence electrons. The minimum absolute atomic E-state index is 0.151. The van der Waals surface area contributed by atoms with E-state index in [0.29, 0.717) is 29.7 Å². The van der Waals surface area contributed by atoms with E-state index in [2.05, 4.69) is 0 Å². The molecule has 0 unspecified atom stereocenters. The van der Waals surface area contributed by atoms with Crippen LogP contribution in [0.4, 0.5) is 4.79 Å². The number of benzene rings is 1. The van der Waals surface area contributed by atoms with Crippen molar-refractivity contribution < 1.29 is 4.79 Å². The standard InChI is InChI=1S/C11H13Cl2N3O/c12-9-3-2-8(6-10(9)13)7-15-4-1-5-16(14)11(15)17/h2-3,6H,1,4-5,7,14H2. The highest BCUT2D eigenvalue weighted by molar-refractivity contribution is 6.42. The Morgan fingerprint density at radius 3 is 2.71 bits per heavy atom. The highest BCUT2D eigenvalue weighted by Crippen LogP contribution is 2.23. The van der Waals surface area contributed by atoms with E-state index in [0.717, 1.165) is 12.0 Å². The van der Waals surface area contributed by atoms with Crippen molar-refractivity contribution in [3.63, 3.8) is 0 Å². The van der Waals surface area contributed by atoms with E-state index in [1.807, 2.05) is 6.07 Å². The van der Waals surface area contributed by atoms with Crippen LogP contribution in [0, 0.1) is 0 Å². The molecule has 17 heavy (non-hydrogen) atoms. The van der Waals surface area contributed by atoms with E-state index in [4.69, 9.17) is 29.0 Å². The normalized spacial score (nSPS) is 16.5. The Labute approximate surface area is 110 Å². The third-order valence-electron chi connectivity index (χ3n) is 2.70. The number of hydrazine groups is 1. The maximum atomic E-state index is 11.7. The van der Waals surface area contributed by atoms with E-state index < -0.39 is 0 Å². The quantitative estimate of drug-likeness (QED) is 0.665. The summed E-state index contributed by atoms with van der Waals surface area (Å²) in [5.41, 5.74) is 0.947. The molecule has 0 bridgehead atoms. The molecule has 1 aromatic rings. The van der Waals surface area contributed by atoms with Crippen molar-refractivity contribution >= 4 is 29.2 Å². The number of carbonyl (C=O) groups is 1. The van der Waals surface area contributed by atoms with Crippen molar-refractivity contribution in [3.8, 4) is 0 Å². The van der Waals surface area contributed by atoms with Crippen LogP contribution in [-0.2, 0) is 6.54 Å². The topological polar surface area (TPSA) is 49.6 Å². The summed E-state index contributed by atoms with van der Waals surface area (Å²) in [6, 6.07) is 5.21. The van der Waals surface area contributed by atoms with Crippen LogP contribution in [0.25, 0.3) is 0 Å². The lowest BCUT2D eigenvalue weighted by Gasteiger charge is -2.32. The number of hydrogen-bond donors (Lipinski definition) is 1. The molecule has 1 aliphatic heterocycles. The average molecular weight is 274 g/mol. The Morgan fingerprint density at radius 2 is 2.00 bits per heavy atom. The first-order valence-electron chi connectivity index (χ1n) is 5.33. The number of carbonyl (C=O) groups excluding carboxylic acids is 1. The van der Waals surface area contributed by atoms with Gasteiger partial charge in [-0.1, -0.05) is 29.3 Å². The fourth-order valence-corrected chi connectivity index (χ4v) is 2.13. The highest BCUT2D eigenvalue weighted by atomic mass is 35.5. The van der Waals surface area contributed by atoms with Gasteiger partial charge in [-0.05, 0) is 24.1 Å². The Kier molecular flexibility index (Phi) is 3.76. The first-order chi connectivity index (χ1) is 8.08. The number of rotatable bonds is 2. The summed E-state index contributed by atoms with van der Waals surface area (Å²) in [6.07, 6.45) is 0.879. The highest BCUT2D eigenvalue weighted by Gasteiger charge is 2.23. The molecule has 2 amide bonds. The SMILES string of the molecule is NN1CCCN(Cc2ccc(Cl)c(Cl)c2)C1=O. The van der Waals surface area contributed by atoms with E-state index >= 15 is 0 Å². The minimum atomic E-state index is -0.151. The maximum absolute atomic E-state index is 11.7. The molecule has 1 aliphatic rings. The van der Waals surface area contributed by atoms with Crippen LogP contribution in [0.1, 0.15) is 12.0 Å². The summed E-state index contributed by atoms with van der Waals surface area (Å²) in [4.78, 5) is 13.4. The zero-order valence-corrected chi connectivity index (χ0v) is 10.7. The number of urea groups is 1. The second-order valence-electron chi connectivity index (χ2n) is 4.00. The van der Waals surface area contributed by atoms with Crippen LogP contribution in [0.3, 0.4) is 0 Å². The number of amides is 2. The van der Waals surface area contributed by atoms with Gasteiger partial charge in [-0.25, -0.2) is 10.6 Å². The molecule has 2 N–H and O–H groups in total. The number of hydrogen-bond acceptors (Lipinski definition) is 2. The Balaban J connectivity index is 2.09. The third-order valence-corrected chi connectivity index (χ3v) is 3.44. The van der Waals surface area contributed by atoms with Gasteiger partial charge in [-0.2, -0.15) is 0 Å². The van der Waals surface area contributed by atoms with Gasteiger partial charge in [0.05, 0.1) is 10.0 Å². The number of nitrogens with zero attached hydrogens (tertiary/aromatic N) is 2. The Morgan fingerprint density at radius 1 is 1.24 bits per heavy atom. The largest absolute Gasteiger partial charge is 0.334 e. The average Bonchev–Trinajstić information content (AvgIpc) is 2.30. The summed E-state index contributed by atoms with van der Waals surface area (Å²) >= 11 is 11.8. The van der Waals surface area contributed by atoms with Gasteiger partial charge in [0, 0.05) is 19.6 Å². The predicted molar refractivity (Wildman–Crippen MR) is 67.8 cm³/mol. The monoisotopic (exact) mass is 273 g/mol. The van der Waals surface area contributed by atoms with Crippen molar-refractivity contribution in [3.05, 3.63) is 33.8 Å². The smallest absolute Gasteiger partial charge is 0.319 e. The lowest BCUT2D eigenvalue weighted by molar-refractivity contribution is 0.127. The first kappa shape index (κ1) is 12.5. The number of nitrogens with two attached hydrogens (primary N) is 1. The molecule has 1 fully saturated rings. The molecule has 0 atom stereocenters. The predicted octanol–water partition coefficient (Wildman–Crippen LogP) is 2.49. The van der Waals surface area contributed by atoms with Gasteiger partial charge in [0.25, 0.3) is 0 Å². The maximum Gasteiger partial charge on any atom is 0.334 e. The Bertz CT molecular complexity index is 439. The van der Waals surface area contributed by atoms with E-state index in [9.17, 15) is 4.79 Å². The zero-order valence-electron chi connectivity index (χ0n) is 9.20. The zero-order chi connectivity index (χ0) is 12.4. The second kappa shape index (κ2) is 5.12. The lowest BCUT2D eigenvalue weighted by atomic mass is 10.2. The molecule has 0 aromatic heterocycles. The molecule has 0 radical (unpaired) electrons. The second-order valence-corrected chi connectivity index (χ2v) is 4.81. The minimum Gasteiger partial charge on any atom is -0.319 e. The van der Waals surface area contributed by atoms with Gasteiger partial charge in [-0.15, -0.1) is 0 Å². The summed E-state index contributed by atoms with van der Waals surface area (Å²) in [5, 5.41) is 2.25. The van der Waals surface area contributed by atoms with E-state index in [1.54, 1.807) is 17.0 Å². The number of halogens is 2. The lowest BCUT2D eigenvalue weighted by Crippen LogP contribution is -2.52. The molecular formula is C11H13Cl2N3O. The third kappa shape index (κ3) is 2.83. The van der Waals surface area contributed by atoms with E-state index in [1.165, 1.54) is 5.01 Å². The fourth-order valence-electron chi connectivity index (χ4n) is 1.81. The summed E-state index contributed by atoms with van der Waals surface area (Å²) in [7, 11) is 0. The van der Waals surface area contributed by atoms with Crippen LogP contribution in [0.2, 0.25) is 10.0 Å². The molecule has 0 aliphatic carbocycles. The van der Waals surface area contributed by atoms with Crippen molar-refractivity contribution in [1.29, 1.82) is 0 Å². The van der Waals surface area contributed by atoms with Gasteiger partial charge < -0.3 is 4.90 Å². The Hall–Kier alpha value is -0.970. The van der Waals surface area contributed by atoms with Crippen LogP contribution in [0.5, 0.6) is 0 Å². The van der Waals surface area contributed by atoms with E-state index in [-0.39, 0.29) is 6.03 Å². The van der Waals surface area contributed by atoms with Gasteiger partial charge in [-0.3, -0.25) is 5.01 Å². The van der Waals surface area contributed by atoms with Gasteiger partial charge in [0.15, 0.2) is 0 Å². The summed E-state index contributed by atoms with van der Waals surface area (Å²) in [5.74, 6) is 5.57.